The molecule has 0 aliphatic rings. The first-order valence-corrected chi connectivity index (χ1v) is 6.62. The smallest absolute Gasteiger partial charge is 0.137 e. The van der Waals surface area contributed by atoms with E-state index in [4.69, 9.17) is 10.8 Å². The highest BCUT2D eigenvalue weighted by atomic mass is 16.3. The lowest BCUT2D eigenvalue weighted by Crippen LogP contribution is -2.27. The summed E-state index contributed by atoms with van der Waals surface area (Å²) in [6.07, 6.45) is 2.58. The second-order valence-corrected chi connectivity index (χ2v) is 4.38. The van der Waals surface area contributed by atoms with E-state index in [-0.39, 0.29) is 6.61 Å². The molecule has 0 spiro atoms. The van der Waals surface area contributed by atoms with Crippen LogP contribution in [0.2, 0.25) is 0 Å². The molecule has 102 valence electrons. The van der Waals surface area contributed by atoms with E-state index in [0.717, 1.165) is 49.6 Å². The number of rotatable bonds is 7. The van der Waals surface area contributed by atoms with Crippen molar-refractivity contribution in [2.75, 3.05) is 30.3 Å². The Morgan fingerprint density at radius 2 is 2.00 bits per heavy atom. The molecule has 0 radical (unpaired) electrons. The van der Waals surface area contributed by atoms with Crippen molar-refractivity contribution >= 4 is 11.6 Å². The molecule has 0 aliphatic heterocycles. The summed E-state index contributed by atoms with van der Waals surface area (Å²) < 4.78 is 0. The lowest BCUT2D eigenvalue weighted by atomic mass is 10.2. The van der Waals surface area contributed by atoms with Crippen molar-refractivity contribution in [1.82, 2.24) is 9.97 Å². The number of aliphatic hydroxyl groups is 1. The van der Waals surface area contributed by atoms with Gasteiger partial charge in [0.15, 0.2) is 0 Å². The molecule has 5 nitrogen and oxygen atoms in total. The van der Waals surface area contributed by atoms with Crippen LogP contribution in [-0.4, -0.2) is 34.8 Å². The highest BCUT2D eigenvalue weighted by Gasteiger charge is 2.13. The maximum Gasteiger partial charge on any atom is 0.137 e. The number of nitrogens with two attached hydrogens (primary N) is 1. The van der Waals surface area contributed by atoms with E-state index in [0.29, 0.717) is 5.82 Å². The van der Waals surface area contributed by atoms with E-state index < -0.39 is 0 Å². The highest BCUT2D eigenvalue weighted by Crippen LogP contribution is 2.22. The summed E-state index contributed by atoms with van der Waals surface area (Å²) >= 11 is 0. The minimum absolute atomic E-state index is 0.192. The zero-order chi connectivity index (χ0) is 13.5. The van der Waals surface area contributed by atoms with Crippen molar-refractivity contribution in [1.29, 1.82) is 0 Å². The summed E-state index contributed by atoms with van der Waals surface area (Å²) in [6, 6.07) is 0. The number of hydrogen-bond donors (Lipinski definition) is 2. The zero-order valence-corrected chi connectivity index (χ0v) is 11.6. The average Bonchev–Trinajstić information content (AvgIpc) is 2.36. The van der Waals surface area contributed by atoms with Crippen LogP contribution in [-0.2, 0) is 6.42 Å². The van der Waals surface area contributed by atoms with Crippen LogP contribution in [0, 0.1) is 6.92 Å². The minimum atomic E-state index is 0.192. The monoisotopic (exact) mass is 252 g/mol. The van der Waals surface area contributed by atoms with Gasteiger partial charge in [-0.25, -0.2) is 9.97 Å². The van der Waals surface area contributed by atoms with Crippen molar-refractivity contribution in [3.05, 3.63) is 11.4 Å². The fraction of sp³-hybridized carbons (Fsp3) is 0.692. The Kier molecular flexibility index (Phi) is 5.85. The number of aromatic nitrogens is 2. The molecule has 0 aliphatic carbocycles. The van der Waals surface area contributed by atoms with Crippen LogP contribution < -0.4 is 10.6 Å². The summed E-state index contributed by atoms with van der Waals surface area (Å²) in [5.74, 6) is 2.27. The first-order valence-electron chi connectivity index (χ1n) is 6.62. The third kappa shape index (κ3) is 3.57. The molecule has 0 bridgehead atoms. The van der Waals surface area contributed by atoms with Crippen LogP contribution in [0.4, 0.5) is 11.6 Å². The van der Waals surface area contributed by atoms with Crippen LogP contribution in [0.15, 0.2) is 0 Å². The molecule has 0 aromatic carbocycles. The maximum absolute atomic E-state index is 8.94. The molecule has 0 atom stereocenters. The third-order valence-electron chi connectivity index (χ3n) is 2.95. The van der Waals surface area contributed by atoms with Gasteiger partial charge in [0.25, 0.3) is 0 Å². The highest BCUT2D eigenvalue weighted by molar-refractivity contribution is 5.56. The van der Waals surface area contributed by atoms with Crippen molar-refractivity contribution in [3.8, 4) is 0 Å². The normalized spacial score (nSPS) is 10.7. The number of nitrogen functional groups attached to an aromatic ring is 1. The number of anilines is 2. The molecule has 0 saturated heterocycles. The molecule has 0 fully saturated rings. The van der Waals surface area contributed by atoms with Crippen LogP contribution in [0.25, 0.3) is 0 Å². The van der Waals surface area contributed by atoms with Gasteiger partial charge in [0.2, 0.25) is 0 Å². The van der Waals surface area contributed by atoms with Gasteiger partial charge < -0.3 is 15.7 Å². The number of hydrogen-bond acceptors (Lipinski definition) is 5. The SMILES string of the molecule is CCCc1nc(N)c(C)c(N(CC)CCCO)n1. The fourth-order valence-electron chi connectivity index (χ4n) is 1.89. The number of nitrogens with zero attached hydrogens (tertiary/aromatic N) is 3. The van der Waals surface area contributed by atoms with E-state index in [2.05, 4.69) is 28.7 Å². The van der Waals surface area contributed by atoms with Gasteiger partial charge in [0.05, 0.1) is 0 Å². The van der Waals surface area contributed by atoms with Crippen LogP contribution >= 0.6 is 0 Å². The molecule has 18 heavy (non-hydrogen) atoms. The first-order chi connectivity index (χ1) is 8.63. The summed E-state index contributed by atoms with van der Waals surface area (Å²) in [7, 11) is 0. The van der Waals surface area contributed by atoms with E-state index in [1.807, 2.05) is 6.92 Å². The predicted molar refractivity (Wildman–Crippen MR) is 74.8 cm³/mol. The van der Waals surface area contributed by atoms with E-state index in [1.54, 1.807) is 0 Å². The van der Waals surface area contributed by atoms with Crippen LogP contribution in [0.5, 0.6) is 0 Å². The van der Waals surface area contributed by atoms with E-state index >= 15 is 0 Å². The molecular formula is C13H24N4O. The average molecular weight is 252 g/mol. The molecule has 0 unspecified atom stereocenters. The molecule has 3 N–H and O–H groups in total. The van der Waals surface area contributed by atoms with E-state index in [1.165, 1.54) is 0 Å². The van der Waals surface area contributed by atoms with E-state index in [9.17, 15) is 0 Å². The standard InChI is InChI=1S/C13H24N4O/c1-4-7-11-15-12(14)10(3)13(16-11)17(5-2)8-6-9-18/h18H,4-9H2,1-3H3,(H2,14,15,16). The third-order valence-corrected chi connectivity index (χ3v) is 2.95. The van der Waals surface area contributed by atoms with Crippen LogP contribution in [0.3, 0.4) is 0 Å². The Hall–Kier alpha value is -1.36. The predicted octanol–water partition coefficient (Wildman–Crippen LogP) is 1.53. The van der Waals surface area contributed by atoms with Gasteiger partial charge in [-0.15, -0.1) is 0 Å². The Morgan fingerprint density at radius 3 is 2.56 bits per heavy atom. The van der Waals surface area contributed by atoms with Crippen molar-refractivity contribution in [2.45, 2.75) is 40.0 Å². The van der Waals surface area contributed by atoms with Crippen molar-refractivity contribution in [3.63, 3.8) is 0 Å². The topological polar surface area (TPSA) is 75.3 Å². The second-order valence-electron chi connectivity index (χ2n) is 4.38. The Labute approximate surface area is 109 Å². The van der Waals surface area contributed by atoms with Gasteiger partial charge >= 0.3 is 0 Å². The largest absolute Gasteiger partial charge is 0.396 e. The molecule has 1 aromatic heterocycles. The Balaban J connectivity index is 3.03. The second kappa shape index (κ2) is 7.16. The molecular weight excluding hydrogens is 228 g/mol. The molecule has 1 aromatic rings. The maximum atomic E-state index is 8.94. The van der Waals surface area contributed by atoms with Crippen molar-refractivity contribution in [2.24, 2.45) is 0 Å². The lowest BCUT2D eigenvalue weighted by Gasteiger charge is -2.24. The Bertz CT molecular complexity index is 381. The first kappa shape index (κ1) is 14.7. The minimum Gasteiger partial charge on any atom is -0.396 e. The zero-order valence-electron chi connectivity index (χ0n) is 11.6. The Morgan fingerprint density at radius 1 is 1.28 bits per heavy atom. The summed E-state index contributed by atoms with van der Waals surface area (Å²) in [5, 5.41) is 8.94. The number of aliphatic hydroxyl groups excluding tert-OH is 1. The quantitative estimate of drug-likeness (QED) is 0.769. The van der Waals surface area contributed by atoms with Crippen LogP contribution in [0.1, 0.15) is 38.1 Å². The van der Waals surface area contributed by atoms with Crippen molar-refractivity contribution < 1.29 is 5.11 Å². The summed E-state index contributed by atoms with van der Waals surface area (Å²) in [5.41, 5.74) is 6.87. The molecule has 1 rings (SSSR count). The van der Waals surface area contributed by atoms with Gasteiger partial charge in [0.1, 0.15) is 17.5 Å². The van der Waals surface area contributed by atoms with Gasteiger partial charge in [0, 0.05) is 31.7 Å². The van der Waals surface area contributed by atoms with Gasteiger partial charge in [-0.1, -0.05) is 6.92 Å². The molecule has 5 heteroatoms. The summed E-state index contributed by atoms with van der Waals surface area (Å²) in [6.45, 7) is 7.95. The van der Waals surface area contributed by atoms with Gasteiger partial charge in [-0.2, -0.15) is 0 Å². The molecule has 0 amide bonds. The fourth-order valence-corrected chi connectivity index (χ4v) is 1.89. The van der Waals surface area contributed by atoms with Gasteiger partial charge in [-0.3, -0.25) is 0 Å². The molecule has 0 saturated carbocycles. The lowest BCUT2D eigenvalue weighted by molar-refractivity contribution is 0.289. The molecule has 1 heterocycles. The van der Waals surface area contributed by atoms with Gasteiger partial charge in [-0.05, 0) is 26.7 Å². The number of aryl methyl sites for hydroxylation is 1. The summed E-state index contributed by atoms with van der Waals surface area (Å²) in [4.78, 5) is 11.1.